The van der Waals surface area contributed by atoms with Crippen LogP contribution in [0.5, 0.6) is 0 Å². The normalized spacial score (nSPS) is 12.6. The lowest BCUT2D eigenvalue weighted by atomic mass is 10.0. The van der Waals surface area contributed by atoms with Gasteiger partial charge >= 0.3 is 17.9 Å². The van der Waals surface area contributed by atoms with Gasteiger partial charge in [0.15, 0.2) is 6.10 Å². The molecular formula is C67H116O6. The summed E-state index contributed by atoms with van der Waals surface area (Å²) < 4.78 is 16.8. The molecule has 6 heteroatoms. The van der Waals surface area contributed by atoms with E-state index in [-0.39, 0.29) is 31.1 Å². The molecule has 420 valence electrons. The molecule has 0 aromatic heterocycles. The van der Waals surface area contributed by atoms with E-state index < -0.39 is 6.10 Å². The second kappa shape index (κ2) is 61.1. The summed E-state index contributed by atoms with van der Waals surface area (Å²) in [6.45, 7) is 6.50. The van der Waals surface area contributed by atoms with Gasteiger partial charge in [0.25, 0.3) is 0 Å². The van der Waals surface area contributed by atoms with Crippen molar-refractivity contribution in [3.8, 4) is 0 Å². The van der Waals surface area contributed by atoms with Gasteiger partial charge in [-0.05, 0) is 77.0 Å². The monoisotopic (exact) mass is 1020 g/mol. The summed E-state index contributed by atoms with van der Waals surface area (Å²) in [5.74, 6) is -0.883. The van der Waals surface area contributed by atoms with Gasteiger partial charge in [0.2, 0.25) is 0 Å². The van der Waals surface area contributed by atoms with E-state index in [0.29, 0.717) is 19.3 Å². The average molecular weight is 1020 g/mol. The number of hydrogen-bond acceptors (Lipinski definition) is 6. The molecule has 0 amide bonds. The minimum absolute atomic E-state index is 0.0766. The number of hydrogen-bond donors (Lipinski definition) is 0. The standard InChI is InChI=1S/C67H116O6/c1-4-7-10-13-16-18-20-22-24-26-28-29-30-31-32-33-34-35-36-37-39-40-42-44-46-48-51-54-57-60-66(69)72-63-64(62-71-65(68)59-56-53-50-15-12-9-6-3)73-67(70)61-58-55-52-49-47-45-43-41-38-27-25-23-21-19-17-14-11-8-5-2/h7,10,16,18,22,24,28-29,31-32,34-35,37,39,64H,4-6,8-9,11-15,17,19-21,23,25-27,30,33,36,38,40-63H2,1-3H3/b10-7-,18-16-,24-22-,29-28-,32-31-,35-34-,39-37-. The Morgan fingerprint density at radius 1 is 0.288 bits per heavy atom. The van der Waals surface area contributed by atoms with Crippen LogP contribution in [0.4, 0.5) is 0 Å². The number of esters is 3. The van der Waals surface area contributed by atoms with Gasteiger partial charge in [0, 0.05) is 19.3 Å². The van der Waals surface area contributed by atoms with Crippen LogP contribution in [0.2, 0.25) is 0 Å². The minimum Gasteiger partial charge on any atom is -0.462 e. The lowest BCUT2D eigenvalue weighted by Crippen LogP contribution is -2.30. The fraction of sp³-hybridized carbons (Fsp3) is 0.746. The molecule has 0 saturated heterocycles. The molecule has 73 heavy (non-hydrogen) atoms. The predicted molar refractivity (Wildman–Crippen MR) is 316 cm³/mol. The van der Waals surface area contributed by atoms with E-state index in [0.717, 1.165) is 109 Å². The molecule has 0 saturated carbocycles. The first-order chi connectivity index (χ1) is 36.0. The van der Waals surface area contributed by atoms with Crippen molar-refractivity contribution in [3.05, 3.63) is 85.1 Å². The van der Waals surface area contributed by atoms with Crippen LogP contribution in [0.3, 0.4) is 0 Å². The molecule has 0 aliphatic heterocycles. The summed E-state index contributed by atoms with van der Waals surface area (Å²) in [4.78, 5) is 38.0. The molecule has 0 aromatic carbocycles. The molecule has 0 aliphatic carbocycles. The molecule has 0 heterocycles. The van der Waals surface area contributed by atoms with Crippen LogP contribution in [0.25, 0.3) is 0 Å². The van der Waals surface area contributed by atoms with Crippen molar-refractivity contribution in [2.24, 2.45) is 0 Å². The maximum absolute atomic E-state index is 12.8. The molecule has 0 N–H and O–H groups in total. The maximum atomic E-state index is 12.8. The highest BCUT2D eigenvalue weighted by atomic mass is 16.6. The zero-order chi connectivity index (χ0) is 52.9. The number of carbonyl (C=O) groups excluding carboxylic acids is 3. The SMILES string of the molecule is CC/C=C\C/C=C\C/C=C\C/C=C\C/C=C\C/C=C\C/C=C\CCCCCCCCCC(=O)OCC(COC(=O)CCCCCCCCC)OC(=O)CCCCCCCCCCCCCCCCCCCCC. The zero-order valence-corrected chi connectivity index (χ0v) is 48.1. The largest absolute Gasteiger partial charge is 0.462 e. The number of carbonyl (C=O) groups is 3. The smallest absolute Gasteiger partial charge is 0.306 e. The molecule has 0 fully saturated rings. The van der Waals surface area contributed by atoms with Gasteiger partial charge in [-0.1, -0.05) is 292 Å². The lowest BCUT2D eigenvalue weighted by molar-refractivity contribution is -0.167. The molecule has 1 unspecified atom stereocenters. The van der Waals surface area contributed by atoms with Gasteiger partial charge in [0.1, 0.15) is 13.2 Å². The molecule has 0 rings (SSSR count). The number of rotatable bonds is 56. The molecule has 0 aliphatic rings. The first kappa shape index (κ1) is 69.6. The summed E-state index contributed by atoms with van der Waals surface area (Å²) in [6.07, 6.45) is 80.4. The van der Waals surface area contributed by atoms with Gasteiger partial charge in [0.05, 0.1) is 0 Å². The molecule has 0 aromatic rings. The Morgan fingerprint density at radius 3 is 0.836 bits per heavy atom. The Labute approximate surface area is 452 Å². The van der Waals surface area contributed by atoms with Crippen molar-refractivity contribution in [3.63, 3.8) is 0 Å². The average Bonchev–Trinajstić information content (AvgIpc) is 3.39. The minimum atomic E-state index is -0.777. The van der Waals surface area contributed by atoms with Crippen molar-refractivity contribution < 1.29 is 28.6 Å². The Morgan fingerprint density at radius 2 is 0.534 bits per heavy atom. The Kier molecular flexibility index (Phi) is 58.3. The van der Waals surface area contributed by atoms with E-state index in [1.54, 1.807) is 0 Å². The molecule has 0 radical (unpaired) electrons. The summed E-state index contributed by atoms with van der Waals surface area (Å²) in [5.41, 5.74) is 0. The third kappa shape index (κ3) is 59.3. The third-order valence-electron chi connectivity index (χ3n) is 13.4. The number of unbranched alkanes of at least 4 members (excludes halogenated alkanes) is 31. The van der Waals surface area contributed by atoms with Crippen molar-refractivity contribution in [1.82, 2.24) is 0 Å². The second-order valence-electron chi connectivity index (χ2n) is 20.6. The van der Waals surface area contributed by atoms with Crippen LogP contribution in [0.1, 0.15) is 303 Å². The van der Waals surface area contributed by atoms with Crippen molar-refractivity contribution in [2.75, 3.05) is 13.2 Å². The van der Waals surface area contributed by atoms with E-state index in [1.165, 1.54) is 154 Å². The van der Waals surface area contributed by atoms with Crippen LogP contribution in [0.15, 0.2) is 85.1 Å². The summed E-state index contributed by atoms with van der Waals surface area (Å²) >= 11 is 0. The molecule has 6 nitrogen and oxygen atoms in total. The van der Waals surface area contributed by atoms with E-state index in [1.807, 2.05) is 0 Å². The van der Waals surface area contributed by atoms with E-state index in [4.69, 9.17) is 14.2 Å². The number of ether oxygens (including phenoxy) is 3. The van der Waals surface area contributed by atoms with Crippen LogP contribution >= 0.6 is 0 Å². The summed E-state index contributed by atoms with van der Waals surface area (Å²) in [6, 6.07) is 0. The Hall–Kier alpha value is -3.41. The van der Waals surface area contributed by atoms with Crippen molar-refractivity contribution >= 4 is 17.9 Å². The zero-order valence-electron chi connectivity index (χ0n) is 48.1. The third-order valence-corrected chi connectivity index (χ3v) is 13.4. The van der Waals surface area contributed by atoms with Crippen molar-refractivity contribution in [1.29, 1.82) is 0 Å². The predicted octanol–water partition coefficient (Wildman–Crippen LogP) is 21.1. The summed E-state index contributed by atoms with van der Waals surface area (Å²) in [7, 11) is 0. The molecule has 1 atom stereocenters. The topological polar surface area (TPSA) is 78.9 Å². The summed E-state index contributed by atoms with van der Waals surface area (Å²) in [5, 5.41) is 0. The Bertz CT molecular complexity index is 1400. The fourth-order valence-corrected chi connectivity index (χ4v) is 8.78. The quantitative estimate of drug-likeness (QED) is 0.0261. The molecular weight excluding hydrogens is 901 g/mol. The van der Waals surface area contributed by atoms with Crippen LogP contribution in [-0.2, 0) is 28.6 Å². The Balaban J connectivity index is 4.16. The van der Waals surface area contributed by atoms with Gasteiger partial charge in [-0.15, -0.1) is 0 Å². The van der Waals surface area contributed by atoms with E-state index in [2.05, 4.69) is 106 Å². The first-order valence-corrected chi connectivity index (χ1v) is 31.1. The first-order valence-electron chi connectivity index (χ1n) is 31.1. The van der Waals surface area contributed by atoms with Crippen LogP contribution in [0, 0.1) is 0 Å². The fourth-order valence-electron chi connectivity index (χ4n) is 8.78. The highest BCUT2D eigenvalue weighted by molar-refractivity contribution is 5.71. The lowest BCUT2D eigenvalue weighted by Gasteiger charge is -2.18. The highest BCUT2D eigenvalue weighted by Crippen LogP contribution is 2.17. The maximum Gasteiger partial charge on any atom is 0.306 e. The van der Waals surface area contributed by atoms with Crippen LogP contribution < -0.4 is 0 Å². The molecule has 0 spiro atoms. The molecule has 0 bridgehead atoms. The van der Waals surface area contributed by atoms with Gasteiger partial charge in [-0.25, -0.2) is 0 Å². The van der Waals surface area contributed by atoms with Crippen molar-refractivity contribution in [2.45, 2.75) is 309 Å². The van der Waals surface area contributed by atoms with Gasteiger partial charge < -0.3 is 14.2 Å². The van der Waals surface area contributed by atoms with Gasteiger partial charge in [-0.3, -0.25) is 14.4 Å². The van der Waals surface area contributed by atoms with Crippen LogP contribution in [-0.4, -0.2) is 37.2 Å². The van der Waals surface area contributed by atoms with Gasteiger partial charge in [-0.2, -0.15) is 0 Å². The second-order valence-corrected chi connectivity index (χ2v) is 20.6. The highest BCUT2D eigenvalue weighted by Gasteiger charge is 2.19. The van der Waals surface area contributed by atoms with E-state index in [9.17, 15) is 14.4 Å². The van der Waals surface area contributed by atoms with E-state index >= 15 is 0 Å². The number of allylic oxidation sites excluding steroid dienone is 14.